The molecule has 2 atom stereocenters. The molecule has 0 aromatic carbocycles. The average molecular weight is 327 g/mol. The van der Waals surface area contributed by atoms with Crippen molar-refractivity contribution in [3.05, 3.63) is 22.3 Å². The zero-order valence-electron chi connectivity index (χ0n) is 10.5. The monoisotopic (exact) mass is 326 g/mol. The van der Waals surface area contributed by atoms with Crippen LogP contribution in [0.3, 0.4) is 0 Å². The second kappa shape index (κ2) is 5.69. The van der Waals surface area contributed by atoms with Crippen LogP contribution in [0.1, 0.15) is 25.0 Å². The van der Waals surface area contributed by atoms with Gasteiger partial charge in [-0.15, -0.1) is 0 Å². The average Bonchev–Trinajstić information content (AvgIpc) is 2.83. The highest BCUT2D eigenvalue weighted by molar-refractivity contribution is 9.10. The number of pyridine rings is 1. The molecule has 0 spiro atoms. The van der Waals surface area contributed by atoms with Gasteiger partial charge < -0.3 is 10.4 Å². The molecule has 0 saturated heterocycles. The summed E-state index contributed by atoms with van der Waals surface area (Å²) in [5.41, 5.74) is 0.799. The Balaban J connectivity index is 1.98. The van der Waals surface area contributed by atoms with E-state index in [1.165, 1.54) is 0 Å². The van der Waals surface area contributed by atoms with Crippen LogP contribution in [0.5, 0.6) is 0 Å². The van der Waals surface area contributed by atoms with Gasteiger partial charge >= 0.3 is 5.97 Å². The first kappa shape index (κ1) is 14.0. The smallest absolute Gasteiger partial charge is 0.306 e. The lowest BCUT2D eigenvalue weighted by Crippen LogP contribution is -2.22. The van der Waals surface area contributed by atoms with Crippen molar-refractivity contribution in [1.82, 2.24) is 4.98 Å². The number of nitrogens with one attached hydrogen (secondary N) is 1. The minimum atomic E-state index is -0.812. The van der Waals surface area contributed by atoms with E-state index in [9.17, 15) is 9.59 Å². The van der Waals surface area contributed by atoms with Gasteiger partial charge in [0.1, 0.15) is 5.82 Å². The highest BCUT2D eigenvalue weighted by atomic mass is 79.9. The summed E-state index contributed by atoms with van der Waals surface area (Å²) in [7, 11) is 0. The molecule has 1 aromatic heterocycles. The number of anilines is 1. The van der Waals surface area contributed by atoms with Gasteiger partial charge in [-0.2, -0.15) is 0 Å². The van der Waals surface area contributed by atoms with Crippen LogP contribution in [0.15, 0.2) is 16.6 Å². The van der Waals surface area contributed by atoms with E-state index in [1.807, 2.05) is 13.0 Å². The molecule has 0 radical (unpaired) electrons. The first-order valence-corrected chi connectivity index (χ1v) is 6.93. The third-order valence-electron chi connectivity index (χ3n) is 3.43. The van der Waals surface area contributed by atoms with Crippen LogP contribution < -0.4 is 5.32 Å². The second-order valence-electron chi connectivity index (χ2n) is 4.80. The van der Waals surface area contributed by atoms with Gasteiger partial charge in [-0.05, 0) is 54.2 Å². The number of hydrogen-bond acceptors (Lipinski definition) is 3. The zero-order valence-corrected chi connectivity index (χ0v) is 12.1. The SMILES string of the molecule is Cc1nc(NC(=O)C2CCC(C(=O)O)C2)ccc1Br. The van der Waals surface area contributed by atoms with E-state index in [-0.39, 0.29) is 11.8 Å². The number of halogens is 1. The molecule has 1 heterocycles. The molecule has 0 bridgehead atoms. The Hall–Kier alpha value is -1.43. The molecule has 5 nitrogen and oxygen atoms in total. The van der Waals surface area contributed by atoms with Gasteiger partial charge in [0.2, 0.25) is 5.91 Å². The maximum absolute atomic E-state index is 12.0. The van der Waals surface area contributed by atoms with Crippen molar-refractivity contribution in [2.24, 2.45) is 11.8 Å². The van der Waals surface area contributed by atoms with Gasteiger partial charge in [0.05, 0.1) is 11.6 Å². The minimum Gasteiger partial charge on any atom is -0.481 e. The fourth-order valence-corrected chi connectivity index (χ4v) is 2.51. The normalized spacial score (nSPS) is 22.2. The molecule has 1 saturated carbocycles. The van der Waals surface area contributed by atoms with E-state index in [0.717, 1.165) is 10.2 Å². The minimum absolute atomic E-state index is 0.141. The number of carbonyl (C=O) groups is 2. The van der Waals surface area contributed by atoms with E-state index in [0.29, 0.717) is 25.1 Å². The number of amides is 1. The maximum atomic E-state index is 12.0. The van der Waals surface area contributed by atoms with Crippen molar-refractivity contribution >= 4 is 33.6 Å². The van der Waals surface area contributed by atoms with Crippen LogP contribution in [-0.4, -0.2) is 22.0 Å². The van der Waals surface area contributed by atoms with Gasteiger partial charge in [0.15, 0.2) is 0 Å². The number of aromatic nitrogens is 1. The lowest BCUT2D eigenvalue weighted by atomic mass is 10.0. The lowest BCUT2D eigenvalue weighted by Gasteiger charge is -2.11. The van der Waals surface area contributed by atoms with E-state index in [2.05, 4.69) is 26.2 Å². The summed E-state index contributed by atoms with van der Waals surface area (Å²) in [5.74, 6) is -1.07. The molecular formula is C13H15BrN2O3. The van der Waals surface area contributed by atoms with Crippen LogP contribution in [0.2, 0.25) is 0 Å². The highest BCUT2D eigenvalue weighted by Crippen LogP contribution is 2.31. The van der Waals surface area contributed by atoms with E-state index >= 15 is 0 Å². The molecule has 1 fully saturated rings. The second-order valence-corrected chi connectivity index (χ2v) is 5.65. The molecule has 1 amide bonds. The van der Waals surface area contributed by atoms with Gasteiger partial charge in [0.25, 0.3) is 0 Å². The number of nitrogens with zero attached hydrogens (tertiary/aromatic N) is 1. The molecular weight excluding hydrogens is 312 g/mol. The summed E-state index contributed by atoms with van der Waals surface area (Å²) >= 11 is 3.35. The number of carboxylic acid groups (broad SMARTS) is 1. The van der Waals surface area contributed by atoms with Crippen molar-refractivity contribution in [2.45, 2.75) is 26.2 Å². The van der Waals surface area contributed by atoms with Crippen molar-refractivity contribution in [2.75, 3.05) is 5.32 Å². The van der Waals surface area contributed by atoms with E-state index < -0.39 is 11.9 Å². The maximum Gasteiger partial charge on any atom is 0.306 e. The summed E-state index contributed by atoms with van der Waals surface area (Å²) in [6.07, 6.45) is 1.61. The predicted molar refractivity (Wildman–Crippen MR) is 73.8 cm³/mol. The van der Waals surface area contributed by atoms with Crippen molar-refractivity contribution < 1.29 is 14.7 Å². The van der Waals surface area contributed by atoms with Crippen molar-refractivity contribution in [3.63, 3.8) is 0 Å². The Morgan fingerprint density at radius 3 is 2.63 bits per heavy atom. The zero-order chi connectivity index (χ0) is 14.0. The van der Waals surface area contributed by atoms with Crippen molar-refractivity contribution in [3.8, 4) is 0 Å². The molecule has 1 aliphatic carbocycles. The Morgan fingerprint density at radius 2 is 2.05 bits per heavy atom. The standard InChI is InChI=1S/C13H15BrN2O3/c1-7-10(14)4-5-11(15-7)16-12(17)8-2-3-9(6-8)13(18)19/h4-5,8-9H,2-3,6H2,1H3,(H,18,19)(H,15,16,17). The molecule has 2 N–H and O–H groups in total. The summed E-state index contributed by atoms with van der Waals surface area (Å²) < 4.78 is 0.886. The summed E-state index contributed by atoms with van der Waals surface area (Å²) in [5, 5.41) is 11.7. The number of aliphatic carboxylic acids is 1. The fraction of sp³-hybridized carbons (Fsp3) is 0.462. The molecule has 2 rings (SSSR count). The van der Waals surface area contributed by atoms with Crippen molar-refractivity contribution in [1.29, 1.82) is 0 Å². The number of carboxylic acids is 1. The number of rotatable bonds is 3. The van der Waals surface area contributed by atoms with Crippen LogP contribution >= 0.6 is 15.9 Å². The third-order valence-corrected chi connectivity index (χ3v) is 4.26. The Morgan fingerprint density at radius 1 is 1.37 bits per heavy atom. The lowest BCUT2D eigenvalue weighted by molar-refractivity contribution is -0.141. The molecule has 6 heteroatoms. The Labute approximate surface area is 119 Å². The topological polar surface area (TPSA) is 79.3 Å². The molecule has 19 heavy (non-hydrogen) atoms. The summed E-state index contributed by atoms with van der Waals surface area (Å²) in [6.45, 7) is 1.84. The third kappa shape index (κ3) is 3.32. The Bertz CT molecular complexity index is 519. The van der Waals surface area contributed by atoms with Gasteiger partial charge in [-0.3, -0.25) is 9.59 Å². The first-order chi connectivity index (χ1) is 8.97. The van der Waals surface area contributed by atoms with Crippen LogP contribution in [-0.2, 0) is 9.59 Å². The quantitative estimate of drug-likeness (QED) is 0.894. The van der Waals surface area contributed by atoms with E-state index in [1.54, 1.807) is 6.07 Å². The van der Waals surface area contributed by atoms with Crippen LogP contribution in [0, 0.1) is 18.8 Å². The molecule has 2 unspecified atom stereocenters. The summed E-state index contributed by atoms with van der Waals surface area (Å²) in [6, 6.07) is 3.55. The van der Waals surface area contributed by atoms with Gasteiger partial charge in [-0.25, -0.2) is 4.98 Å². The highest BCUT2D eigenvalue weighted by Gasteiger charge is 2.33. The van der Waals surface area contributed by atoms with E-state index in [4.69, 9.17) is 5.11 Å². The summed E-state index contributed by atoms with van der Waals surface area (Å²) in [4.78, 5) is 27.1. The van der Waals surface area contributed by atoms with Gasteiger partial charge in [0, 0.05) is 10.4 Å². The fourth-order valence-electron chi connectivity index (χ4n) is 2.29. The van der Waals surface area contributed by atoms with Crippen LogP contribution in [0.4, 0.5) is 5.82 Å². The largest absolute Gasteiger partial charge is 0.481 e. The molecule has 1 aliphatic rings. The number of hydrogen-bond donors (Lipinski definition) is 2. The number of aryl methyl sites for hydroxylation is 1. The van der Waals surface area contributed by atoms with Gasteiger partial charge in [-0.1, -0.05) is 0 Å². The van der Waals surface area contributed by atoms with Crippen LogP contribution in [0.25, 0.3) is 0 Å². The molecule has 1 aromatic rings. The molecule has 0 aliphatic heterocycles. The predicted octanol–water partition coefficient (Wildman–Crippen LogP) is 2.59. The molecule has 102 valence electrons. The number of carbonyl (C=O) groups excluding carboxylic acids is 1. The Kier molecular flexibility index (Phi) is 4.19. The first-order valence-electron chi connectivity index (χ1n) is 6.14.